The van der Waals surface area contributed by atoms with Gasteiger partial charge in [0.15, 0.2) is 23.1 Å². The number of ketones is 2. The van der Waals surface area contributed by atoms with Crippen molar-refractivity contribution in [3.05, 3.63) is 191 Å². The first-order chi connectivity index (χ1) is 32.1. The largest absolute Gasteiger partial charge is 0.494 e. The van der Waals surface area contributed by atoms with E-state index in [1.54, 1.807) is 55.6 Å². The van der Waals surface area contributed by atoms with Crippen molar-refractivity contribution in [1.29, 1.82) is 0 Å². The van der Waals surface area contributed by atoms with Crippen LogP contribution in [0, 0.1) is 11.6 Å². The number of carbonyl (C=O) groups is 3. The number of rotatable bonds is 12. The summed E-state index contributed by atoms with van der Waals surface area (Å²) in [7, 11) is 6.00. The second-order valence-electron chi connectivity index (χ2n) is 15.2. The molecule has 66 heavy (non-hydrogen) atoms. The van der Waals surface area contributed by atoms with Gasteiger partial charge in [0.1, 0.15) is 29.6 Å². The first-order valence-electron chi connectivity index (χ1n) is 20.6. The maximum absolute atomic E-state index is 14.7. The van der Waals surface area contributed by atoms with E-state index in [2.05, 4.69) is 20.5 Å². The van der Waals surface area contributed by atoms with E-state index < -0.39 is 23.3 Å². The summed E-state index contributed by atoms with van der Waals surface area (Å²) in [5.41, 5.74) is 3.01. The molecule has 0 heterocycles. The molecule has 0 atom stereocenters. The van der Waals surface area contributed by atoms with Gasteiger partial charge >= 0.3 is 0 Å². The molecule has 14 heteroatoms. The van der Waals surface area contributed by atoms with E-state index in [1.165, 1.54) is 73.7 Å². The lowest BCUT2D eigenvalue weighted by molar-refractivity contribution is 0.0979. The van der Waals surface area contributed by atoms with E-state index in [-0.39, 0.29) is 68.7 Å². The van der Waals surface area contributed by atoms with Crippen molar-refractivity contribution in [2.24, 2.45) is 20.5 Å². The molecule has 12 nitrogen and oxygen atoms in total. The Bertz CT molecular complexity index is 3340. The number of nitrogens with zero attached hydrogens (tertiary/aromatic N) is 6. The van der Waals surface area contributed by atoms with Gasteiger partial charge in [0, 0.05) is 52.7 Å². The van der Waals surface area contributed by atoms with Gasteiger partial charge in [-0.2, -0.15) is 10.2 Å². The number of fused-ring (bicyclic) bond motifs is 4. The van der Waals surface area contributed by atoms with Crippen LogP contribution in [0.3, 0.4) is 0 Å². The summed E-state index contributed by atoms with van der Waals surface area (Å²) in [6, 6.07) is 39.8. The number of hydrogen-bond donors (Lipinski definition) is 0. The van der Waals surface area contributed by atoms with E-state index >= 15 is 0 Å². The predicted molar refractivity (Wildman–Crippen MR) is 248 cm³/mol. The number of para-hydroxylation sites is 2. The molecule has 0 radical (unpaired) electrons. The van der Waals surface area contributed by atoms with Crippen molar-refractivity contribution in [2.45, 2.75) is 6.61 Å². The van der Waals surface area contributed by atoms with Crippen molar-refractivity contribution in [2.75, 3.05) is 38.3 Å². The number of ether oxygens (including phenoxy) is 2. The topological polar surface area (TPSA) is 135 Å². The fourth-order valence-corrected chi connectivity index (χ4v) is 8.00. The number of azo groups is 2. The molecule has 0 fully saturated rings. The summed E-state index contributed by atoms with van der Waals surface area (Å²) in [5, 5.41) is 22.3. The number of hydrogen-bond acceptors (Lipinski definition) is 11. The number of anilines is 2. The van der Waals surface area contributed by atoms with Crippen LogP contribution in [0.2, 0.25) is 0 Å². The van der Waals surface area contributed by atoms with Gasteiger partial charge in [-0.25, -0.2) is 8.78 Å². The molecule has 9 rings (SSSR count). The van der Waals surface area contributed by atoms with E-state index in [0.29, 0.717) is 33.5 Å². The summed E-state index contributed by atoms with van der Waals surface area (Å²) in [6.45, 7) is 0.0227. The van der Waals surface area contributed by atoms with Crippen molar-refractivity contribution < 1.29 is 37.5 Å². The Labute approximate surface area is 377 Å². The van der Waals surface area contributed by atoms with Crippen LogP contribution in [0.15, 0.2) is 166 Å². The summed E-state index contributed by atoms with van der Waals surface area (Å²) in [6.07, 6.45) is 0. The third kappa shape index (κ3) is 7.90. The zero-order chi connectivity index (χ0) is 46.1. The van der Waals surface area contributed by atoms with Gasteiger partial charge in [-0.3, -0.25) is 24.3 Å². The number of carbonyl (C=O) groups excluding carboxylic acids is 3. The molecule has 0 spiro atoms. The number of benzene rings is 8. The second kappa shape index (κ2) is 17.9. The van der Waals surface area contributed by atoms with E-state index in [9.17, 15) is 23.2 Å². The Balaban J connectivity index is 1.00. The molecule has 0 bridgehead atoms. The fourth-order valence-electron chi connectivity index (χ4n) is 8.00. The first kappa shape index (κ1) is 42.8. The SMILES string of the molecule is COc1c(CON(C)c2ccccc2F)cc2ccccc2c1N=Nc1ccc2c(c1)C(=O)c1ccc(N=Nc3c(OC)c(C(=O)N(C)c4ccccc4F)cc4ccccc34)cc1C2=O. The van der Waals surface area contributed by atoms with E-state index in [4.69, 9.17) is 14.3 Å². The molecule has 0 aromatic heterocycles. The van der Waals surface area contributed by atoms with Crippen molar-refractivity contribution in [1.82, 2.24) is 0 Å². The third-order valence-electron chi connectivity index (χ3n) is 11.3. The molecule has 326 valence electrons. The standard InChI is InChI=1S/C52H38F2N6O6/c1-59(44-19-11-9-17-42(44)53)52(63)41-26-31-14-6-8-16-36(31)47(51(41)65-4)58-56-34-22-24-38-40(28-34)49(62)37-23-21-33(27-39(37)48(38)61)55-57-46-35-15-7-5-13-30(35)25-32(50(46)64-3)29-66-60(2)45-20-12-10-18-43(45)54/h5-28H,29H2,1-4H3. The minimum absolute atomic E-state index is 0.0227. The van der Waals surface area contributed by atoms with E-state index in [1.807, 2.05) is 54.6 Å². The Kier molecular flexibility index (Phi) is 11.6. The van der Waals surface area contributed by atoms with Gasteiger partial charge in [0.2, 0.25) is 0 Å². The third-order valence-corrected chi connectivity index (χ3v) is 11.3. The highest BCUT2D eigenvalue weighted by molar-refractivity contribution is 6.28. The molecule has 1 aliphatic carbocycles. The zero-order valence-corrected chi connectivity index (χ0v) is 36.0. The van der Waals surface area contributed by atoms with Crippen LogP contribution in [0.25, 0.3) is 21.5 Å². The molecule has 0 N–H and O–H groups in total. The average Bonchev–Trinajstić information content (AvgIpc) is 3.34. The van der Waals surface area contributed by atoms with Crippen LogP contribution < -0.4 is 19.4 Å². The molecule has 0 unspecified atom stereocenters. The maximum Gasteiger partial charge on any atom is 0.261 e. The van der Waals surface area contributed by atoms with Gasteiger partial charge in [-0.05, 0) is 83.6 Å². The van der Waals surface area contributed by atoms with Crippen LogP contribution in [0.1, 0.15) is 47.8 Å². The van der Waals surface area contributed by atoms with E-state index in [0.717, 1.165) is 10.8 Å². The molecule has 1 aliphatic rings. The van der Waals surface area contributed by atoms with Gasteiger partial charge in [0.25, 0.3) is 5.91 Å². The molecule has 8 aromatic carbocycles. The molecule has 0 saturated carbocycles. The molecule has 0 saturated heterocycles. The van der Waals surface area contributed by atoms with Crippen molar-refractivity contribution in [3.8, 4) is 11.5 Å². The number of hydroxylamine groups is 1. The highest BCUT2D eigenvalue weighted by Crippen LogP contribution is 2.43. The molecule has 1 amide bonds. The Morgan fingerprint density at radius 1 is 0.545 bits per heavy atom. The Morgan fingerprint density at radius 2 is 1.03 bits per heavy atom. The quantitative estimate of drug-likeness (QED) is 0.0880. The van der Waals surface area contributed by atoms with Crippen molar-refractivity contribution >= 4 is 73.1 Å². The number of methoxy groups -OCH3 is 2. The summed E-state index contributed by atoms with van der Waals surface area (Å²) in [5.74, 6) is -1.80. The second-order valence-corrected chi connectivity index (χ2v) is 15.2. The maximum atomic E-state index is 14.7. The zero-order valence-electron chi connectivity index (χ0n) is 36.0. The fraction of sp³-hybridized carbons (Fsp3) is 0.0962. The number of halogens is 2. The Hall–Kier alpha value is -8.49. The first-order valence-corrected chi connectivity index (χ1v) is 20.6. The lowest BCUT2D eigenvalue weighted by Crippen LogP contribution is -2.27. The van der Waals surface area contributed by atoms with Crippen LogP contribution in [0.5, 0.6) is 11.5 Å². The summed E-state index contributed by atoms with van der Waals surface area (Å²) in [4.78, 5) is 49.1. The average molecular weight is 881 g/mol. The summed E-state index contributed by atoms with van der Waals surface area (Å²) < 4.78 is 40.8. The van der Waals surface area contributed by atoms with Gasteiger partial charge in [0.05, 0.1) is 42.5 Å². The van der Waals surface area contributed by atoms with Crippen LogP contribution in [0.4, 0.5) is 42.9 Å². The highest BCUT2D eigenvalue weighted by atomic mass is 19.1. The minimum atomic E-state index is -0.564. The number of amides is 1. The highest BCUT2D eigenvalue weighted by Gasteiger charge is 2.31. The minimum Gasteiger partial charge on any atom is -0.494 e. The molecule has 8 aromatic rings. The normalized spacial score (nSPS) is 12.2. The van der Waals surface area contributed by atoms with Crippen LogP contribution >= 0.6 is 0 Å². The summed E-state index contributed by atoms with van der Waals surface area (Å²) >= 11 is 0. The van der Waals surface area contributed by atoms with Crippen molar-refractivity contribution in [3.63, 3.8) is 0 Å². The smallest absolute Gasteiger partial charge is 0.261 e. The molecular formula is C52H38F2N6O6. The van der Waals surface area contributed by atoms with Crippen LogP contribution in [-0.2, 0) is 11.4 Å². The molecule has 0 aliphatic heterocycles. The molecular weight excluding hydrogens is 843 g/mol. The van der Waals surface area contributed by atoms with Gasteiger partial charge < -0.3 is 14.4 Å². The predicted octanol–water partition coefficient (Wildman–Crippen LogP) is 12.7. The lowest BCUT2D eigenvalue weighted by Gasteiger charge is -2.21. The Morgan fingerprint density at radius 3 is 1.58 bits per heavy atom. The monoisotopic (exact) mass is 880 g/mol. The van der Waals surface area contributed by atoms with Gasteiger partial charge in [-0.15, -0.1) is 10.2 Å². The van der Waals surface area contributed by atoms with Gasteiger partial charge in [-0.1, -0.05) is 72.8 Å². The van der Waals surface area contributed by atoms with Crippen LogP contribution in [-0.4, -0.2) is 45.8 Å². The lowest BCUT2D eigenvalue weighted by atomic mass is 9.83.